The van der Waals surface area contributed by atoms with Crippen LogP contribution in [0.2, 0.25) is 0 Å². The Morgan fingerprint density at radius 3 is 2.80 bits per heavy atom. The summed E-state index contributed by atoms with van der Waals surface area (Å²) in [6.45, 7) is 7.69. The molecule has 0 aromatic carbocycles. The van der Waals surface area contributed by atoms with Gasteiger partial charge in [0.1, 0.15) is 0 Å². The van der Waals surface area contributed by atoms with Gasteiger partial charge < -0.3 is 10.1 Å². The SMILES string of the molecule is CCNCC1CCCN(S(=O)(=O)NC2CCOC2C)C1. The summed E-state index contributed by atoms with van der Waals surface area (Å²) in [4.78, 5) is 0. The molecule has 2 saturated heterocycles. The normalized spacial score (nSPS) is 32.6. The Kier molecular flexibility index (Phi) is 5.80. The molecule has 0 radical (unpaired) electrons. The highest BCUT2D eigenvalue weighted by atomic mass is 32.2. The van der Waals surface area contributed by atoms with Crippen LogP contribution in [0, 0.1) is 5.92 Å². The van der Waals surface area contributed by atoms with Crippen molar-refractivity contribution in [2.45, 2.75) is 45.3 Å². The van der Waals surface area contributed by atoms with Gasteiger partial charge in [-0.25, -0.2) is 0 Å². The van der Waals surface area contributed by atoms with Gasteiger partial charge >= 0.3 is 0 Å². The van der Waals surface area contributed by atoms with Gasteiger partial charge in [0.25, 0.3) is 10.2 Å². The number of hydrogen-bond donors (Lipinski definition) is 2. The van der Waals surface area contributed by atoms with Crippen molar-refractivity contribution in [2.75, 3.05) is 32.8 Å². The van der Waals surface area contributed by atoms with Gasteiger partial charge in [0, 0.05) is 19.7 Å². The second-order valence-corrected chi connectivity index (χ2v) is 7.47. The van der Waals surface area contributed by atoms with Crippen LogP contribution in [0.1, 0.15) is 33.1 Å². The van der Waals surface area contributed by atoms with E-state index in [9.17, 15) is 8.42 Å². The highest BCUT2D eigenvalue weighted by molar-refractivity contribution is 7.87. The standard InChI is InChI=1S/C13H27N3O3S/c1-3-14-9-12-5-4-7-16(10-12)20(17,18)15-13-6-8-19-11(13)2/h11-15H,3-10H2,1-2H3. The second kappa shape index (κ2) is 7.17. The molecular weight excluding hydrogens is 278 g/mol. The van der Waals surface area contributed by atoms with Gasteiger partial charge in [0.05, 0.1) is 12.1 Å². The van der Waals surface area contributed by atoms with Crippen molar-refractivity contribution in [3.05, 3.63) is 0 Å². The Hall–Kier alpha value is -0.210. The maximum Gasteiger partial charge on any atom is 0.279 e. The molecule has 2 rings (SSSR count). The van der Waals surface area contributed by atoms with E-state index in [1.54, 1.807) is 4.31 Å². The zero-order valence-corrected chi connectivity index (χ0v) is 13.3. The summed E-state index contributed by atoms with van der Waals surface area (Å²) in [5, 5.41) is 3.31. The zero-order chi connectivity index (χ0) is 14.6. The number of nitrogens with one attached hydrogen (secondary N) is 2. The van der Waals surface area contributed by atoms with Crippen molar-refractivity contribution < 1.29 is 13.2 Å². The Bertz CT molecular complexity index is 402. The van der Waals surface area contributed by atoms with E-state index in [1.807, 2.05) is 6.92 Å². The van der Waals surface area contributed by atoms with E-state index in [4.69, 9.17) is 4.74 Å². The van der Waals surface area contributed by atoms with E-state index in [0.29, 0.717) is 25.6 Å². The number of hydrogen-bond acceptors (Lipinski definition) is 4. The molecular formula is C13H27N3O3S. The topological polar surface area (TPSA) is 70.7 Å². The van der Waals surface area contributed by atoms with Crippen molar-refractivity contribution >= 4 is 10.2 Å². The van der Waals surface area contributed by atoms with Crippen LogP contribution in [-0.2, 0) is 14.9 Å². The Morgan fingerprint density at radius 2 is 2.15 bits per heavy atom. The lowest BCUT2D eigenvalue weighted by Crippen LogP contribution is -2.51. The molecule has 0 aromatic heterocycles. The third-order valence-corrected chi connectivity index (χ3v) is 5.79. The molecule has 118 valence electrons. The van der Waals surface area contributed by atoms with Crippen LogP contribution in [-0.4, -0.2) is 57.7 Å². The first-order chi connectivity index (χ1) is 9.53. The number of nitrogens with zero attached hydrogens (tertiary/aromatic N) is 1. The first-order valence-electron chi connectivity index (χ1n) is 7.62. The molecule has 6 nitrogen and oxygen atoms in total. The molecule has 20 heavy (non-hydrogen) atoms. The number of piperidine rings is 1. The first-order valence-corrected chi connectivity index (χ1v) is 9.06. The largest absolute Gasteiger partial charge is 0.377 e. The van der Waals surface area contributed by atoms with E-state index < -0.39 is 10.2 Å². The average Bonchev–Trinajstić information content (AvgIpc) is 2.82. The minimum atomic E-state index is -3.38. The Balaban J connectivity index is 1.91. The summed E-state index contributed by atoms with van der Waals surface area (Å²) in [6.07, 6.45) is 2.76. The van der Waals surface area contributed by atoms with Crippen LogP contribution in [0.15, 0.2) is 0 Å². The fourth-order valence-electron chi connectivity index (χ4n) is 2.91. The molecule has 0 spiro atoms. The van der Waals surface area contributed by atoms with Gasteiger partial charge in [0.2, 0.25) is 0 Å². The second-order valence-electron chi connectivity index (χ2n) is 5.77. The smallest absolute Gasteiger partial charge is 0.279 e. The highest BCUT2D eigenvalue weighted by Gasteiger charge is 2.33. The minimum absolute atomic E-state index is 0.0351. The fourth-order valence-corrected chi connectivity index (χ4v) is 4.53. The van der Waals surface area contributed by atoms with E-state index in [-0.39, 0.29) is 12.1 Å². The maximum atomic E-state index is 12.4. The van der Waals surface area contributed by atoms with Crippen LogP contribution in [0.4, 0.5) is 0 Å². The summed E-state index contributed by atoms with van der Waals surface area (Å²) in [6, 6.07) is -0.0888. The van der Waals surface area contributed by atoms with Crippen molar-refractivity contribution in [3.8, 4) is 0 Å². The maximum absolute atomic E-state index is 12.4. The lowest BCUT2D eigenvalue weighted by Gasteiger charge is -2.33. The average molecular weight is 305 g/mol. The van der Waals surface area contributed by atoms with Crippen LogP contribution < -0.4 is 10.0 Å². The van der Waals surface area contributed by atoms with Crippen LogP contribution >= 0.6 is 0 Å². The summed E-state index contributed by atoms with van der Waals surface area (Å²) < 4.78 is 34.7. The highest BCUT2D eigenvalue weighted by Crippen LogP contribution is 2.20. The molecule has 2 aliphatic heterocycles. The zero-order valence-electron chi connectivity index (χ0n) is 12.5. The molecule has 0 bridgehead atoms. The van der Waals surface area contributed by atoms with Gasteiger partial charge in [-0.2, -0.15) is 17.4 Å². The first kappa shape index (κ1) is 16.2. The summed E-state index contributed by atoms with van der Waals surface area (Å²) in [5.41, 5.74) is 0. The van der Waals surface area contributed by atoms with Gasteiger partial charge in [-0.3, -0.25) is 0 Å². The lowest BCUT2D eigenvalue weighted by atomic mass is 10.00. The molecule has 2 fully saturated rings. The lowest BCUT2D eigenvalue weighted by molar-refractivity contribution is 0.116. The molecule has 2 aliphatic rings. The van der Waals surface area contributed by atoms with E-state index in [0.717, 1.165) is 32.4 Å². The quantitative estimate of drug-likeness (QED) is 0.741. The molecule has 3 unspecified atom stereocenters. The predicted octanol–water partition coefficient (Wildman–Crippen LogP) is 0.320. The molecule has 2 N–H and O–H groups in total. The van der Waals surface area contributed by atoms with Gasteiger partial charge in [-0.15, -0.1) is 0 Å². The molecule has 0 aliphatic carbocycles. The van der Waals surface area contributed by atoms with E-state index >= 15 is 0 Å². The van der Waals surface area contributed by atoms with Crippen molar-refractivity contribution in [1.82, 2.24) is 14.3 Å². The van der Waals surface area contributed by atoms with Crippen LogP contribution in [0.3, 0.4) is 0 Å². The summed E-state index contributed by atoms with van der Waals surface area (Å²) >= 11 is 0. The summed E-state index contributed by atoms with van der Waals surface area (Å²) in [7, 11) is -3.38. The minimum Gasteiger partial charge on any atom is -0.377 e. The van der Waals surface area contributed by atoms with Crippen LogP contribution in [0.25, 0.3) is 0 Å². The molecule has 2 heterocycles. The van der Waals surface area contributed by atoms with E-state index in [1.165, 1.54) is 0 Å². The fraction of sp³-hybridized carbons (Fsp3) is 1.00. The van der Waals surface area contributed by atoms with Gasteiger partial charge in [-0.1, -0.05) is 6.92 Å². The van der Waals surface area contributed by atoms with Crippen LogP contribution in [0.5, 0.6) is 0 Å². The van der Waals surface area contributed by atoms with E-state index in [2.05, 4.69) is 17.0 Å². The Morgan fingerprint density at radius 1 is 1.35 bits per heavy atom. The molecule has 0 saturated carbocycles. The monoisotopic (exact) mass is 305 g/mol. The molecule has 0 aromatic rings. The van der Waals surface area contributed by atoms with Crippen molar-refractivity contribution in [2.24, 2.45) is 5.92 Å². The summed E-state index contributed by atoms with van der Waals surface area (Å²) in [5.74, 6) is 0.414. The predicted molar refractivity (Wildman–Crippen MR) is 78.7 cm³/mol. The Labute approximate surface area is 122 Å². The number of rotatable bonds is 6. The van der Waals surface area contributed by atoms with Crippen molar-refractivity contribution in [3.63, 3.8) is 0 Å². The third-order valence-electron chi connectivity index (χ3n) is 4.18. The number of ether oxygens (including phenoxy) is 1. The third kappa shape index (κ3) is 4.14. The molecule has 0 amide bonds. The van der Waals surface area contributed by atoms with Gasteiger partial charge in [-0.05, 0) is 45.2 Å². The molecule has 7 heteroatoms. The van der Waals surface area contributed by atoms with Gasteiger partial charge in [0.15, 0.2) is 0 Å². The molecule has 3 atom stereocenters. The van der Waals surface area contributed by atoms with Crippen molar-refractivity contribution in [1.29, 1.82) is 0 Å².